The molecule has 1 N–H and O–H groups in total. The summed E-state index contributed by atoms with van der Waals surface area (Å²) in [6.07, 6.45) is 5.14. The molecule has 2 aromatic heterocycles. The van der Waals surface area contributed by atoms with Crippen LogP contribution in [0.2, 0.25) is 0 Å². The van der Waals surface area contributed by atoms with Crippen LogP contribution in [0.15, 0.2) is 18.3 Å². The maximum absolute atomic E-state index is 10.7. The molecule has 5 heteroatoms. The molecule has 4 nitrogen and oxygen atoms in total. The third-order valence-electron chi connectivity index (χ3n) is 3.72. The van der Waals surface area contributed by atoms with Gasteiger partial charge in [0.1, 0.15) is 6.10 Å². The van der Waals surface area contributed by atoms with Crippen LogP contribution >= 0.6 is 11.5 Å². The quantitative estimate of drug-likeness (QED) is 0.932. The minimum absolute atomic E-state index is 0.0917. The van der Waals surface area contributed by atoms with Crippen LogP contribution in [-0.2, 0) is 12.8 Å². The van der Waals surface area contributed by atoms with Crippen molar-refractivity contribution in [3.05, 3.63) is 40.2 Å². The second-order valence-corrected chi connectivity index (χ2v) is 5.76. The first-order chi connectivity index (χ1) is 9.31. The van der Waals surface area contributed by atoms with Gasteiger partial charge in [-0.2, -0.15) is 0 Å². The van der Waals surface area contributed by atoms with Gasteiger partial charge in [-0.05, 0) is 42.4 Å². The molecular weight excluding hydrogens is 258 g/mol. The van der Waals surface area contributed by atoms with Gasteiger partial charge in [-0.1, -0.05) is 23.9 Å². The van der Waals surface area contributed by atoms with Crippen molar-refractivity contribution in [3.63, 3.8) is 0 Å². The van der Waals surface area contributed by atoms with E-state index in [9.17, 15) is 5.11 Å². The smallest absolute Gasteiger partial charge is 0.100 e. The van der Waals surface area contributed by atoms with Crippen molar-refractivity contribution in [2.24, 2.45) is 0 Å². The van der Waals surface area contributed by atoms with Crippen molar-refractivity contribution in [1.29, 1.82) is 0 Å². The fraction of sp³-hybridized carbons (Fsp3) is 0.500. The molecule has 0 saturated heterocycles. The van der Waals surface area contributed by atoms with Gasteiger partial charge < -0.3 is 5.11 Å². The van der Waals surface area contributed by atoms with E-state index in [2.05, 4.69) is 27.6 Å². The molecule has 0 bridgehead atoms. The number of rotatable bonds is 4. The zero-order valence-electron chi connectivity index (χ0n) is 10.9. The third kappa shape index (κ3) is 2.28. The van der Waals surface area contributed by atoms with Crippen molar-refractivity contribution >= 4 is 11.5 Å². The number of hydrogen-bond donors (Lipinski definition) is 1. The SMILES string of the molecule is CCCc1nnsc1C(O)C1CCc2cccnc21. The minimum atomic E-state index is -0.516. The van der Waals surface area contributed by atoms with Gasteiger partial charge in [-0.15, -0.1) is 5.10 Å². The first kappa shape index (κ1) is 12.7. The highest BCUT2D eigenvalue weighted by atomic mass is 32.1. The molecule has 0 amide bonds. The molecule has 2 aromatic rings. The van der Waals surface area contributed by atoms with Gasteiger partial charge in [0.15, 0.2) is 0 Å². The number of fused-ring (bicyclic) bond motifs is 1. The van der Waals surface area contributed by atoms with Crippen LogP contribution in [0.3, 0.4) is 0 Å². The highest BCUT2D eigenvalue weighted by Gasteiger charge is 2.33. The van der Waals surface area contributed by atoms with E-state index in [4.69, 9.17) is 0 Å². The molecule has 0 radical (unpaired) electrons. The number of aliphatic hydroxyl groups is 1. The van der Waals surface area contributed by atoms with Crippen LogP contribution in [0.4, 0.5) is 0 Å². The number of hydrogen-bond acceptors (Lipinski definition) is 5. The summed E-state index contributed by atoms with van der Waals surface area (Å²) >= 11 is 1.32. The Hall–Kier alpha value is -1.33. The maximum atomic E-state index is 10.7. The summed E-state index contributed by atoms with van der Waals surface area (Å²) < 4.78 is 4.00. The third-order valence-corrected chi connectivity index (χ3v) is 4.56. The van der Waals surface area contributed by atoms with E-state index in [1.807, 2.05) is 12.3 Å². The summed E-state index contributed by atoms with van der Waals surface area (Å²) in [4.78, 5) is 5.37. The van der Waals surface area contributed by atoms with Gasteiger partial charge in [0, 0.05) is 17.8 Å². The largest absolute Gasteiger partial charge is 0.387 e. The van der Waals surface area contributed by atoms with Gasteiger partial charge in [0.05, 0.1) is 10.6 Å². The Morgan fingerprint density at radius 3 is 3.26 bits per heavy atom. The fourth-order valence-corrected chi connectivity index (χ4v) is 3.53. The first-order valence-electron chi connectivity index (χ1n) is 6.74. The van der Waals surface area contributed by atoms with E-state index in [1.54, 1.807) is 0 Å². The molecule has 1 aliphatic carbocycles. The van der Waals surface area contributed by atoms with Crippen LogP contribution in [-0.4, -0.2) is 19.7 Å². The summed E-state index contributed by atoms with van der Waals surface area (Å²) in [6, 6.07) is 4.07. The average molecular weight is 275 g/mol. The Labute approximate surface area is 116 Å². The lowest BCUT2D eigenvalue weighted by atomic mass is 9.97. The zero-order valence-corrected chi connectivity index (χ0v) is 11.7. The topological polar surface area (TPSA) is 58.9 Å². The summed E-state index contributed by atoms with van der Waals surface area (Å²) in [7, 11) is 0. The van der Waals surface area contributed by atoms with Gasteiger partial charge in [-0.3, -0.25) is 4.98 Å². The fourth-order valence-electron chi connectivity index (χ4n) is 2.78. The van der Waals surface area contributed by atoms with Gasteiger partial charge in [0.2, 0.25) is 0 Å². The van der Waals surface area contributed by atoms with Gasteiger partial charge >= 0.3 is 0 Å². The molecular formula is C14H17N3OS. The maximum Gasteiger partial charge on any atom is 0.100 e. The molecule has 0 aromatic carbocycles. The van der Waals surface area contributed by atoms with Crippen molar-refractivity contribution in [2.75, 3.05) is 0 Å². The predicted molar refractivity (Wildman–Crippen MR) is 74.2 cm³/mol. The highest BCUT2D eigenvalue weighted by molar-refractivity contribution is 7.05. The second-order valence-electron chi connectivity index (χ2n) is 4.97. The van der Waals surface area contributed by atoms with Crippen molar-refractivity contribution < 1.29 is 5.11 Å². The Morgan fingerprint density at radius 1 is 1.53 bits per heavy atom. The standard InChI is InChI=1S/C14H17N3OS/c1-2-4-11-14(19-17-16-11)13(18)10-7-6-9-5-3-8-15-12(9)10/h3,5,8,10,13,18H,2,4,6-7H2,1H3. The van der Waals surface area contributed by atoms with E-state index >= 15 is 0 Å². The molecule has 2 heterocycles. The van der Waals surface area contributed by atoms with Crippen LogP contribution in [0.25, 0.3) is 0 Å². The van der Waals surface area contributed by atoms with Crippen LogP contribution in [0, 0.1) is 0 Å². The Kier molecular flexibility index (Phi) is 3.57. The van der Waals surface area contributed by atoms with E-state index in [0.717, 1.165) is 41.9 Å². The summed E-state index contributed by atoms with van der Waals surface area (Å²) in [5.74, 6) is 0.0917. The Bertz CT molecular complexity index is 569. The van der Waals surface area contributed by atoms with Crippen molar-refractivity contribution in [2.45, 2.75) is 44.6 Å². The number of nitrogens with zero attached hydrogens (tertiary/aromatic N) is 3. The molecule has 0 fully saturated rings. The van der Waals surface area contributed by atoms with Crippen molar-refractivity contribution in [1.82, 2.24) is 14.6 Å². The Balaban J connectivity index is 1.89. The Morgan fingerprint density at radius 2 is 2.42 bits per heavy atom. The lowest BCUT2D eigenvalue weighted by Crippen LogP contribution is -2.10. The van der Waals surface area contributed by atoms with Gasteiger partial charge in [-0.25, -0.2) is 0 Å². The molecule has 19 heavy (non-hydrogen) atoms. The molecule has 2 atom stereocenters. The van der Waals surface area contributed by atoms with E-state index in [1.165, 1.54) is 17.1 Å². The molecule has 1 aliphatic rings. The van der Waals surface area contributed by atoms with Crippen LogP contribution in [0.5, 0.6) is 0 Å². The molecule has 3 rings (SSSR count). The highest BCUT2D eigenvalue weighted by Crippen LogP contribution is 2.41. The lowest BCUT2D eigenvalue weighted by molar-refractivity contribution is 0.145. The lowest BCUT2D eigenvalue weighted by Gasteiger charge is -2.17. The number of aliphatic hydroxyl groups excluding tert-OH is 1. The first-order valence-corrected chi connectivity index (χ1v) is 7.51. The normalized spacial score (nSPS) is 19.4. The van der Waals surface area contributed by atoms with Gasteiger partial charge in [0.25, 0.3) is 0 Å². The zero-order chi connectivity index (χ0) is 13.2. The van der Waals surface area contributed by atoms with E-state index in [-0.39, 0.29) is 5.92 Å². The number of aryl methyl sites for hydroxylation is 2. The summed E-state index contributed by atoms with van der Waals surface area (Å²) in [5.41, 5.74) is 3.26. The van der Waals surface area contributed by atoms with Crippen molar-refractivity contribution in [3.8, 4) is 0 Å². The average Bonchev–Trinajstić information content (AvgIpc) is 3.04. The molecule has 100 valence electrons. The summed E-state index contributed by atoms with van der Waals surface area (Å²) in [5, 5.41) is 14.8. The second kappa shape index (κ2) is 5.35. The number of pyridine rings is 1. The summed E-state index contributed by atoms with van der Waals surface area (Å²) in [6.45, 7) is 2.11. The molecule has 0 aliphatic heterocycles. The predicted octanol–water partition coefficient (Wildman–Crippen LogP) is 2.65. The van der Waals surface area contributed by atoms with E-state index in [0.29, 0.717) is 0 Å². The number of aromatic nitrogens is 3. The molecule has 0 spiro atoms. The van der Waals surface area contributed by atoms with Crippen LogP contribution < -0.4 is 0 Å². The van der Waals surface area contributed by atoms with Crippen LogP contribution in [0.1, 0.15) is 53.6 Å². The monoisotopic (exact) mass is 275 g/mol. The molecule has 0 saturated carbocycles. The minimum Gasteiger partial charge on any atom is -0.387 e. The van der Waals surface area contributed by atoms with E-state index < -0.39 is 6.10 Å². The molecule has 2 unspecified atom stereocenters.